The first-order valence-corrected chi connectivity index (χ1v) is 13.1. The summed E-state index contributed by atoms with van der Waals surface area (Å²) in [6.07, 6.45) is 4.62. The van der Waals surface area contributed by atoms with Crippen LogP contribution in [0.2, 0.25) is 5.02 Å². The quantitative estimate of drug-likeness (QED) is 0.352. The number of hydrogen-bond donors (Lipinski definition) is 1. The van der Waals surface area contributed by atoms with Crippen LogP contribution in [0.5, 0.6) is 0 Å². The fourth-order valence-corrected chi connectivity index (χ4v) is 5.24. The van der Waals surface area contributed by atoms with Crippen molar-refractivity contribution in [1.29, 1.82) is 0 Å². The summed E-state index contributed by atoms with van der Waals surface area (Å²) in [4.78, 5) is 39.0. The minimum absolute atomic E-state index is 0.00810. The van der Waals surface area contributed by atoms with Crippen LogP contribution < -0.4 is 16.6 Å². The summed E-state index contributed by atoms with van der Waals surface area (Å²) in [7, 11) is 0. The van der Waals surface area contributed by atoms with Gasteiger partial charge >= 0.3 is 11.3 Å². The van der Waals surface area contributed by atoms with Crippen LogP contribution in [0, 0.1) is 5.92 Å². The number of rotatable bonds is 7. The minimum Gasteiger partial charge on any atom is -0.421 e. The van der Waals surface area contributed by atoms with Crippen LogP contribution in [-0.4, -0.2) is 35.6 Å². The third kappa shape index (κ3) is 5.74. The lowest BCUT2D eigenvalue weighted by Gasteiger charge is -2.31. The van der Waals surface area contributed by atoms with E-state index in [4.69, 9.17) is 25.0 Å². The summed E-state index contributed by atoms with van der Waals surface area (Å²) >= 11 is 6.57. The third-order valence-corrected chi connectivity index (χ3v) is 7.32. The van der Waals surface area contributed by atoms with Crippen molar-refractivity contribution in [2.45, 2.75) is 39.0 Å². The monoisotopic (exact) mass is 537 g/mol. The van der Waals surface area contributed by atoms with Crippen LogP contribution in [-0.2, 0) is 17.6 Å². The number of carbonyl (C=O) groups is 1. The first kappa shape index (κ1) is 25.9. The Morgan fingerprint density at radius 1 is 1.00 bits per heavy atom. The largest absolute Gasteiger partial charge is 0.421 e. The van der Waals surface area contributed by atoms with Crippen LogP contribution in [0.4, 0.5) is 5.69 Å². The number of benzene rings is 2. The molecule has 1 saturated heterocycles. The lowest BCUT2D eigenvalue weighted by molar-refractivity contribution is -0.114. The molecule has 1 amide bonds. The average Bonchev–Trinajstić information content (AvgIpc) is 3.34. The van der Waals surface area contributed by atoms with Crippen molar-refractivity contribution in [3.63, 3.8) is 0 Å². The maximum Gasteiger partial charge on any atom is 0.336 e. The van der Waals surface area contributed by atoms with E-state index < -0.39 is 17.2 Å². The van der Waals surface area contributed by atoms with Gasteiger partial charge in [-0.2, -0.15) is 0 Å². The second-order valence-corrected chi connectivity index (χ2v) is 9.97. The molecule has 2 aromatic carbocycles. The highest BCUT2D eigenvalue weighted by Crippen LogP contribution is 2.40. The third-order valence-electron chi connectivity index (χ3n) is 6.96. The molecule has 2 bridgehead atoms. The molecule has 0 radical (unpaired) electrons. The molecule has 38 heavy (non-hydrogen) atoms. The molecule has 0 spiro atoms. The number of amides is 1. The molecule has 3 heterocycles. The van der Waals surface area contributed by atoms with E-state index in [9.17, 15) is 14.4 Å². The number of anilines is 1. The first-order valence-electron chi connectivity index (χ1n) is 12.7. The molecule has 10 heteroatoms. The zero-order valence-corrected chi connectivity index (χ0v) is 21.8. The Balaban J connectivity index is 1.38. The fraction of sp³-hybridized carbons (Fsp3) is 0.357. The standard InChI is InChI=1S/C28H28ClN3O6/c1-17(33)30-25-24(29)26-23-20(31-38-27(23)28(25)37-22(35)10-9-21(34)36-26)8-7-19-12-15-32(16-13-19)14-11-18-5-3-2-4-6-18/h2-6,9-10,19H,7-8,11-16H2,1H3,(H,30,33). The van der Waals surface area contributed by atoms with Crippen molar-refractivity contribution < 1.29 is 18.2 Å². The van der Waals surface area contributed by atoms with Crippen LogP contribution in [0.3, 0.4) is 0 Å². The predicted molar refractivity (Wildman–Crippen MR) is 144 cm³/mol. The van der Waals surface area contributed by atoms with Crippen molar-refractivity contribution in [1.82, 2.24) is 10.1 Å². The maximum absolute atomic E-state index is 12.4. The van der Waals surface area contributed by atoms with Gasteiger partial charge in [0.2, 0.25) is 17.1 Å². The normalized spacial score (nSPS) is 14.7. The van der Waals surface area contributed by atoms with Crippen molar-refractivity contribution in [2.24, 2.45) is 5.92 Å². The topological polar surface area (TPSA) is 119 Å². The van der Waals surface area contributed by atoms with Gasteiger partial charge in [0.1, 0.15) is 10.7 Å². The van der Waals surface area contributed by atoms with Gasteiger partial charge in [-0.1, -0.05) is 47.1 Å². The summed E-state index contributed by atoms with van der Waals surface area (Å²) in [6.45, 7) is 4.41. The zero-order valence-electron chi connectivity index (χ0n) is 21.0. The highest BCUT2D eigenvalue weighted by Gasteiger charge is 2.26. The molecule has 1 aliphatic heterocycles. The molecular formula is C28H28ClN3O6. The van der Waals surface area contributed by atoms with Crippen molar-refractivity contribution in [3.05, 3.63) is 79.6 Å². The van der Waals surface area contributed by atoms with Gasteiger partial charge in [0.25, 0.3) is 0 Å². The Labute approximate surface area is 223 Å². The lowest BCUT2D eigenvalue weighted by Crippen LogP contribution is -2.35. The number of likely N-dealkylation sites (tertiary alicyclic amines) is 1. The molecule has 0 aliphatic carbocycles. The molecule has 0 atom stereocenters. The van der Waals surface area contributed by atoms with Gasteiger partial charge in [0.15, 0.2) is 5.58 Å². The summed E-state index contributed by atoms with van der Waals surface area (Å²) < 4.78 is 16.5. The Kier molecular flexibility index (Phi) is 7.76. The number of nitrogens with one attached hydrogen (secondary N) is 1. The van der Waals surface area contributed by atoms with Gasteiger partial charge in [-0.25, -0.2) is 9.59 Å². The smallest absolute Gasteiger partial charge is 0.336 e. The Morgan fingerprint density at radius 2 is 1.68 bits per heavy atom. The van der Waals surface area contributed by atoms with E-state index >= 15 is 0 Å². The van der Waals surface area contributed by atoms with Crippen molar-refractivity contribution in [3.8, 4) is 0 Å². The van der Waals surface area contributed by atoms with Crippen LogP contribution in [0.1, 0.15) is 37.4 Å². The number of carbonyl (C=O) groups excluding carboxylic acids is 1. The highest BCUT2D eigenvalue weighted by molar-refractivity contribution is 6.40. The minimum atomic E-state index is -0.849. The molecule has 9 nitrogen and oxygen atoms in total. The van der Waals surface area contributed by atoms with Crippen molar-refractivity contribution >= 4 is 45.3 Å². The Morgan fingerprint density at radius 3 is 2.37 bits per heavy atom. The van der Waals surface area contributed by atoms with Gasteiger partial charge in [-0.3, -0.25) is 4.79 Å². The van der Waals surface area contributed by atoms with Gasteiger partial charge in [-0.05, 0) is 56.7 Å². The van der Waals surface area contributed by atoms with Gasteiger partial charge in [0, 0.05) is 25.6 Å². The Bertz CT molecular complexity index is 1600. The van der Waals surface area contributed by atoms with Crippen LogP contribution in [0.15, 0.2) is 65.4 Å². The number of hydrogen-bond acceptors (Lipinski definition) is 8. The van der Waals surface area contributed by atoms with E-state index in [1.54, 1.807) is 0 Å². The molecule has 2 aromatic heterocycles. The first-order chi connectivity index (χ1) is 18.4. The summed E-state index contributed by atoms with van der Waals surface area (Å²) in [5.41, 5.74) is 0.216. The second kappa shape index (κ2) is 11.4. The summed E-state index contributed by atoms with van der Waals surface area (Å²) in [5, 5.41) is 7.04. The predicted octanol–water partition coefficient (Wildman–Crippen LogP) is 4.95. The number of piperidine rings is 1. The molecule has 4 aromatic rings. The molecular weight excluding hydrogens is 510 g/mol. The van der Waals surface area contributed by atoms with E-state index in [0.29, 0.717) is 23.4 Å². The van der Waals surface area contributed by atoms with Crippen molar-refractivity contribution in [2.75, 3.05) is 25.0 Å². The maximum atomic E-state index is 12.4. The van der Waals surface area contributed by atoms with Gasteiger partial charge < -0.3 is 23.6 Å². The van der Waals surface area contributed by atoms with Gasteiger partial charge in [0.05, 0.1) is 11.1 Å². The molecule has 1 N–H and O–H groups in total. The van der Waals surface area contributed by atoms with E-state index in [2.05, 4.69) is 39.6 Å². The number of aryl methyl sites for hydroxylation is 1. The molecule has 5 rings (SSSR count). The number of fused-ring (bicyclic) bond motifs is 6. The molecule has 1 fully saturated rings. The van der Waals surface area contributed by atoms with E-state index in [1.807, 2.05) is 6.07 Å². The van der Waals surface area contributed by atoms with Gasteiger partial charge in [-0.15, -0.1) is 0 Å². The Hall–Kier alpha value is -3.69. The fourth-order valence-electron chi connectivity index (χ4n) is 4.98. The molecule has 198 valence electrons. The van der Waals surface area contributed by atoms with E-state index in [0.717, 1.165) is 57.5 Å². The molecule has 0 unspecified atom stereocenters. The average molecular weight is 538 g/mol. The number of aromatic nitrogens is 1. The summed E-state index contributed by atoms with van der Waals surface area (Å²) in [6, 6.07) is 12.4. The lowest BCUT2D eigenvalue weighted by atomic mass is 9.91. The number of nitrogens with zero attached hydrogens (tertiary/aromatic N) is 2. The van der Waals surface area contributed by atoms with E-state index in [1.165, 1.54) is 12.5 Å². The molecule has 1 aliphatic rings. The highest BCUT2D eigenvalue weighted by atomic mass is 35.5. The summed E-state index contributed by atoms with van der Waals surface area (Å²) in [5.74, 6) is 0.0530. The zero-order chi connectivity index (χ0) is 26.6. The van der Waals surface area contributed by atoms with Crippen LogP contribution >= 0.6 is 11.6 Å². The number of halogens is 1. The van der Waals surface area contributed by atoms with Crippen LogP contribution in [0.25, 0.3) is 22.1 Å². The SMILES string of the molecule is CC(=O)Nc1c(Cl)c2oc(=O)ccc(=O)oc1c1onc(CCC3CCN(CCc4ccccc4)CC3)c21. The van der Waals surface area contributed by atoms with E-state index in [-0.39, 0.29) is 27.5 Å². The molecule has 0 saturated carbocycles. The second-order valence-electron chi connectivity index (χ2n) is 9.60.